The second-order valence-electron chi connectivity index (χ2n) is 7.78. The van der Waals surface area contributed by atoms with Crippen molar-refractivity contribution in [2.24, 2.45) is 17.6 Å². The van der Waals surface area contributed by atoms with Crippen molar-refractivity contribution in [2.45, 2.75) is 25.4 Å². The molecule has 2 aromatic rings. The van der Waals surface area contributed by atoms with Crippen molar-refractivity contribution in [3.63, 3.8) is 0 Å². The molecule has 7 heteroatoms. The lowest BCUT2D eigenvalue weighted by molar-refractivity contribution is 0.0760. The lowest BCUT2D eigenvalue weighted by Crippen LogP contribution is -2.31. The second-order valence-corrected chi connectivity index (χ2v) is 7.78. The number of halogens is 2. The summed E-state index contributed by atoms with van der Waals surface area (Å²) in [4.78, 5) is 14.6. The summed E-state index contributed by atoms with van der Waals surface area (Å²) in [6.45, 7) is 1.74. The lowest BCUT2D eigenvalue weighted by atomic mass is 10.0. The number of amides is 1. The molecule has 3 atom stereocenters. The van der Waals surface area contributed by atoms with E-state index in [0.717, 1.165) is 24.8 Å². The van der Waals surface area contributed by atoms with Gasteiger partial charge in [-0.25, -0.2) is 4.39 Å². The molecule has 1 aliphatic carbocycles. The Morgan fingerprint density at radius 1 is 1.10 bits per heavy atom. The lowest BCUT2D eigenvalue weighted by Gasteiger charge is -2.19. The van der Waals surface area contributed by atoms with E-state index >= 15 is 0 Å². The van der Waals surface area contributed by atoms with Crippen molar-refractivity contribution in [3.05, 3.63) is 59.4 Å². The number of ether oxygens (including phenoxy) is 1. The third-order valence-corrected chi connectivity index (χ3v) is 5.77. The first-order chi connectivity index (χ1) is 13.5. The molecule has 0 spiro atoms. The molecule has 4 rings (SSSR count). The van der Waals surface area contributed by atoms with Gasteiger partial charge in [0.25, 0.3) is 5.91 Å². The maximum absolute atomic E-state index is 14.3. The van der Waals surface area contributed by atoms with E-state index in [1.807, 2.05) is 24.3 Å². The Kier molecular flexibility index (Phi) is 6.77. The molecule has 1 saturated heterocycles. The summed E-state index contributed by atoms with van der Waals surface area (Å²) in [5.74, 6) is 0.807. The quantitative estimate of drug-likeness (QED) is 0.777. The van der Waals surface area contributed by atoms with Gasteiger partial charge in [0.05, 0.1) is 11.7 Å². The molecule has 5 nitrogen and oxygen atoms in total. The van der Waals surface area contributed by atoms with Crippen LogP contribution in [0.3, 0.4) is 0 Å². The fourth-order valence-electron chi connectivity index (χ4n) is 4.36. The number of carbonyl (C=O) groups is 1. The average Bonchev–Trinajstić information content (AvgIpc) is 3.22. The van der Waals surface area contributed by atoms with Crippen LogP contribution in [0.25, 0.3) is 0 Å². The number of rotatable bonds is 5. The molecule has 0 radical (unpaired) electrons. The zero-order valence-electron chi connectivity index (χ0n) is 16.1. The topological polar surface area (TPSA) is 75.8 Å². The maximum atomic E-state index is 14.3. The number of likely N-dealkylation sites (tertiary alicyclic amines) is 1. The number of hydrogen-bond acceptors (Lipinski definition) is 4. The van der Waals surface area contributed by atoms with Gasteiger partial charge in [0.1, 0.15) is 17.3 Å². The standard InChI is InChI=1S/C22H25FN2O3.ClH/c23-21-6-5-19(28-18-3-1-14(2-4-18)7-8-24)11-20(21)22(27)25-12-15-9-17(26)10-16(15)13-25;/h1-6,11,15-17,26H,7-10,12-13,24H2;1H/t15-,16+,17?;. The Labute approximate surface area is 176 Å². The van der Waals surface area contributed by atoms with Gasteiger partial charge < -0.3 is 20.5 Å². The molecule has 1 heterocycles. The summed E-state index contributed by atoms with van der Waals surface area (Å²) in [6.07, 6.45) is 1.97. The highest BCUT2D eigenvalue weighted by atomic mass is 35.5. The number of benzene rings is 2. The summed E-state index contributed by atoms with van der Waals surface area (Å²) in [7, 11) is 0. The molecule has 0 aromatic heterocycles. The van der Waals surface area contributed by atoms with Gasteiger partial charge in [0.15, 0.2) is 0 Å². The van der Waals surface area contributed by atoms with Gasteiger partial charge >= 0.3 is 0 Å². The highest BCUT2D eigenvalue weighted by molar-refractivity contribution is 5.95. The van der Waals surface area contributed by atoms with Crippen LogP contribution in [0.15, 0.2) is 42.5 Å². The Hall–Kier alpha value is -2.15. The molecule has 3 N–H and O–H groups in total. The molecule has 0 bridgehead atoms. The first-order valence-corrected chi connectivity index (χ1v) is 9.77. The smallest absolute Gasteiger partial charge is 0.256 e. The third kappa shape index (κ3) is 4.71. The zero-order valence-corrected chi connectivity index (χ0v) is 16.9. The third-order valence-electron chi connectivity index (χ3n) is 5.77. The van der Waals surface area contributed by atoms with Crippen molar-refractivity contribution >= 4 is 18.3 Å². The molecular formula is C22H26ClFN2O3. The van der Waals surface area contributed by atoms with Crippen LogP contribution in [0, 0.1) is 17.7 Å². The summed E-state index contributed by atoms with van der Waals surface area (Å²) in [5, 5.41) is 9.76. The Bertz CT molecular complexity index is 848. The summed E-state index contributed by atoms with van der Waals surface area (Å²) in [5.41, 5.74) is 6.70. The number of fused-ring (bicyclic) bond motifs is 1. The maximum Gasteiger partial charge on any atom is 0.256 e. The first kappa shape index (κ1) is 21.6. The highest BCUT2D eigenvalue weighted by Crippen LogP contribution is 2.38. The van der Waals surface area contributed by atoms with Gasteiger partial charge in [-0.1, -0.05) is 12.1 Å². The van der Waals surface area contributed by atoms with E-state index in [2.05, 4.69) is 0 Å². The number of nitrogens with zero attached hydrogens (tertiary/aromatic N) is 1. The van der Waals surface area contributed by atoms with Gasteiger partial charge in [-0.3, -0.25) is 4.79 Å². The number of nitrogens with two attached hydrogens (primary N) is 1. The van der Waals surface area contributed by atoms with Crippen molar-refractivity contribution in [1.29, 1.82) is 0 Å². The van der Waals surface area contributed by atoms with Crippen LogP contribution in [0.2, 0.25) is 0 Å². The van der Waals surface area contributed by atoms with Crippen molar-refractivity contribution < 1.29 is 19.0 Å². The molecule has 2 aromatic carbocycles. The van der Waals surface area contributed by atoms with E-state index in [1.165, 1.54) is 18.2 Å². The Balaban J connectivity index is 0.00000240. The average molecular weight is 421 g/mol. The van der Waals surface area contributed by atoms with Gasteiger partial charge in [0, 0.05) is 13.1 Å². The van der Waals surface area contributed by atoms with Crippen LogP contribution in [0.5, 0.6) is 11.5 Å². The summed E-state index contributed by atoms with van der Waals surface area (Å²) in [6, 6.07) is 11.8. The van der Waals surface area contributed by atoms with E-state index < -0.39 is 5.82 Å². The molecule has 1 aliphatic heterocycles. The predicted octanol–water partition coefficient (Wildman–Crippen LogP) is 3.38. The zero-order chi connectivity index (χ0) is 19.7. The fraction of sp³-hybridized carbons (Fsp3) is 0.409. The number of hydrogen-bond donors (Lipinski definition) is 2. The van der Waals surface area contributed by atoms with Gasteiger partial charge in [-0.15, -0.1) is 12.4 Å². The van der Waals surface area contributed by atoms with Crippen molar-refractivity contribution in [3.8, 4) is 11.5 Å². The summed E-state index contributed by atoms with van der Waals surface area (Å²) < 4.78 is 20.2. The van der Waals surface area contributed by atoms with Crippen LogP contribution in [-0.4, -0.2) is 41.7 Å². The molecule has 2 fully saturated rings. The van der Waals surface area contributed by atoms with Gasteiger partial charge in [-0.2, -0.15) is 0 Å². The molecule has 1 saturated carbocycles. The van der Waals surface area contributed by atoms with Crippen molar-refractivity contribution in [2.75, 3.05) is 19.6 Å². The van der Waals surface area contributed by atoms with E-state index in [1.54, 1.807) is 4.90 Å². The van der Waals surface area contributed by atoms with Crippen LogP contribution >= 0.6 is 12.4 Å². The second kappa shape index (κ2) is 9.11. The van der Waals surface area contributed by atoms with Gasteiger partial charge in [0.2, 0.25) is 0 Å². The first-order valence-electron chi connectivity index (χ1n) is 9.77. The SMILES string of the molecule is Cl.NCCc1ccc(Oc2ccc(F)c(C(=O)N3C[C@H]4CC(O)C[C@H]4C3)c2)cc1. The monoisotopic (exact) mass is 420 g/mol. The normalized spacial score (nSPS) is 22.9. The van der Waals surface area contributed by atoms with Crippen molar-refractivity contribution in [1.82, 2.24) is 4.90 Å². The summed E-state index contributed by atoms with van der Waals surface area (Å²) >= 11 is 0. The van der Waals surface area contributed by atoms with Crippen LogP contribution in [0.1, 0.15) is 28.8 Å². The van der Waals surface area contributed by atoms with Crippen LogP contribution in [0.4, 0.5) is 4.39 Å². The molecule has 1 unspecified atom stereocenters. The largest absolute Gasteiger partial charge is 0.457 e. The highest BCUT2D eigenvalue weighted by Gasteiger charge is 2.42. The molecule has 29 heavy (non-hydrogen) atoms. The number of aliphatic hydroxyl groups is 1. The van der Waals surface area contributed by atoms with Gasteiger partial charge in [-0.05, 0) is 73.5 Å². The van der Waals surface area contributed by atoms with E-state index in [4.69, 9.17) is 10.5 Å². The Morgan fingerprint density at radius 2 is 1.72 bits per heavy atom. The van der Waals surface area contributed by atoms with E-state index in [-0.39, 0.29) is 30.0 Å². The number of carbonyl (C=O) groups excluding carboxylic acids is 1. The minimum absolute atomic E-state index is 0. The Morgan fingerprint density at radius 3 is 2.34 bits per heavy atom. The minimum atomic E-state index is -0.548. The molecule has 1 amide bonds. The molecule has 156 valence electrons. The molecule has 2 aliphatic rings. The predicted molar refractivity (Wildman–Crippen MR) is 111 cm³/mol. The van der Waals surface area contributed by atoms with E-state index in [0.29, 0.717) is 43.0 Å². The fourth-order valence-corrected chi connectivity index (χ4v) is 4.36. The van der Waals surface area contributed by atoms with E-state index in [9.17, 15) is 14.3 Å². The number of aliphatic hydroxyl groups excluding tert-OH is 1. The van der Waals surface area contributed by atoms with Crippen LogP contribution in [-0.2, 0) is 6.42 Å². The van der Waals surface area contributed by atoms with Crippen LogP contribution < -0.4 is 10.5 Å². The molecular weight excluding hydrogens is 395 g/mol. The minimum Gasteiger partial charge on any atom is -0.457 e.